The van der Waals surface area contributed by atoms with Gasteiger partial charge in [0, 0.05) is 0 Å². The van der Waals surface area contributed by atoms with Crippen LogP contribution in [-0.4, -0.2) is 0 Å². The minimum atomic E-state index is 1.09. The minimum Gasteiger partial charge on any atom is -0.0991 e. The first kappa shape index (κ1) is 12.5. The second-order valence-electron chi connectivity index (χ2n) is 4.04. The molecule has 0 spiro atoms. The maximum Gasteiger partial charge on any atom is -0.0231 e. The van der Waals surface area contributed by atoms with E-state index in [1.165, 1.54) is 16.7 Å². The molecule has 0 saturated heterocycles. The molecule has 0 radical (unpaired) electrons. The highest BCUT2D eigenvalue weighted by Gasteiger charge is 1.93. The summed E-state index contributed by atoms with van der Waals surface area (Å²) in [4.78, 5) is 0. The summed E-state index contributed by atoms with van der Waals surface area (Å²) in [6.07, 6.45) is 8.43. The van der Waals surface area contributed by atoms with Crippen LogP contribution in [0.5, 0.6) is 0 Å². The molecule has 0 heterocycles. The molecule has 84 valence electrons. The fourth-order valence-corrected chi connectivity index (χ4v) is 1.62. The van der Waals surface area contributed by atoms with Gasteiger partial charge < -0.3 is 0 Å². The molecule has 0 nitrogen and oxygen atoms in total. The van der Waals surface area contributed by atoms with Gasteiger partial charge in [-0.3, -0.25) is 0 Å². The Bertz CT molecular complexity index is 380. The molecule has 0 amide bonds. The zero-order valence-electron chi connectivity index (χ0n) is 10.2. The SMILES string of the molecule is C=C/C=C(\C)CC/C=C(\C)c1ccccc1. The lowest BCUT2D eigenvalue weighted by Gasteiger charge is -2.01. The van der Waals surface area contributed by atoms with E-state index in [0.717, 1.165) is 12.8 Å². The van der Waals surface area contributed by atoms with E-state index in [1.54, 1.807) is 0 Å². The summed E-state index contributed by atoms with van der Waals surface area (Å²) in [6, 6.07) is 10.5. The summed E-state index contributed by atoms with van der Waals surface area (Å²) in [5.41, 5.74) is 4.05. The average Bonchev–Trinajstić information content (AvgIpc) is 2.30. The zero-order valence-corrected chi connectivity index (χ0v) is 10.2. The van der Waals surface area contributed by atoms with Gasteiger partial charge in [0.25, 0.3) is 0 Å². The maximum atomic E-state index is 3.70. The van der Waals surface area contributed by atoms with E-state index in [1.807, 2.05) is 12.1 Å². The van der Waals surface area contributed by atoms with Gasteiger partial charge in [0.15, 0.2) is 0 Å². The molecular formula is C16H20. The first-order chi connectivity index (χ1) is 7.74. The van der Waals surface area contributed by atoms with Crippen LogP contribution in [0.25, 0.3) is 5.57 Å². The number of rotatable bonds is 5. The van der Waals surface area contributed by atoms with E-state index in [0.29, 0.717) is 0 Å². The Morgan fingerprint density at radius 1 is 1.19 bits per heavy atom. The zero-order chi connectivity index (χ0) is 11.8. The molecular weight excluding hydrogens is 192 g/mol. The first-order valence-electron chi connectivity index (χ1n) is 5.74. The van der Waals surface area contributed by atoms with Crippen molar-refractivity contribution in [3.05, 3.63) is 66.3 Å². The predicted molar refractivity (Wildman–Crippen MR) is 73.3 cm³/mol. The normalized spacial score (nSPS) is 12.6. The molecule has 1 rings (SSSR count). The number of benzene rings is 1. The summed E-state index contributed by atoms with van der Waals surface area (Å²) in [5.74, 6) is 0. The third kappa shape index (κ3) is 4.31. The largest absolute Gasteiger partial charge is 0.0991 e. The average molecular weight is 212 g/mol. The Hall–Kier alpha value is -1.56. The van der Waals surface area contributed by atoms with Crippen LogP contribution in [0.2, 0.25) is 0 Å². The van der Waals surface area contributed by atoms with Gasteiger partial charge in [0.1, 0.15) is 0 Å². The van der Waals surface area contributed by atoms with Crippen LogP contribution in [0.1, 0.15) is 32.3 Å². The lowest BCUT2D eigenvalue weighted by molar-refractivity contribution is 0.978. The lowest BCUT2D eigenvalue weighted by atomic mass is 10.0. The molecule has 0 aliphatic heterocycles. The molecule has 0 fully saturated rings. The molecule has 0 saturated carbocycles. The van der Waals surface area contributed by atoms with Gasteiger partial charge in [0.2, 0.25) is 0 Å². The lowest BCUT2D eigenvalue weighted by Crippen LogP contribution is -1.80. The third-order valence-corrected chi connectivity index (χ3v) is 2.62. The topological polar surface area (TPSA) is 0 Å². The first-order valence-corrected chi connectivity index (χ1v) is 5.74. The van der Waals surface area contributed by atoms with Gasteiger partial charge in [-0.25, -0.2) is 0 Å². The standard InChI is InChI=1S/C16H20/c1-4-9-14(2)10-8-11-15(3)16-12-6-5-7-13-16/h4-7,9,11-13H,1,8,10H2,2-3H3/b14-9+,15-11+. The number of hydrogen-bond acceptors (Lipinski definition) is 0. The van der Waals surface area contributed by atoms with Crippen molar-refractivity contribution in [2.45, 2.75) is 26.7 Å². The van der Waals surface area contributed by atoms with Crippen LogP contribution < -0.4 is 0 Å². The van der Waals surface area contributed by atoms with E-state index >= 15 is 0 Å². The van der Waals surface area contributed by atoms with Crippen LogP contribution in [0.3, 0.4) is 0 Å². The van der Waals surface area contributed by atoms with Crippen LogP contribution in [0.15, 0.2) is 60.7 Å². The summed E-state index contributed by atoms with van der Waals surface area (Å²) >= 11 is 0. The Balaban J connectivity index is 2.52. The molecule has 0 bridgehead atoms. The van der Waals surface area contributed by atoms with Crippen molar-refractivity contribution in [3.8, 4) is 0 Å². The third-order valence-electron chi connectivity index (χ3n) is 2.62. The number of hydrogen-bond donors (Lipinski definition) is 0. The fourth-order valence-electron chi connectivity index (χ4n) is 1.62. The van der Waals surface area contributed by atoms with Crippen molar-refractivity contribution in [2.24, 2.45) is 0 Å². The van der Waals surface area contributed by atoms with Gasteiger partial charge in [-0.2, -0.15) is 0 Å². The van der Waals surface area contributed by atoms with Crippen molar-refractivity contribution in [3.63, 3.8) is 0 Å². The Kier molecular flexibility index (Phi) is 5.35. The van der Waals surface area contributed by atoms with Gasteiger partial charge in [-0.15, -0.1) is 0 Å². The summed E-state index contributed by atoms with van der Waals surface area (Å²) < 4.78 is 0. The summed E-state index contributed by atoms with van der Waals surface area (Å²) in [6.45, 7) is 8.01. The van der Waals surface area contributed by atoms with E-state index in [4.69, 9.17) is 0 Å². The van der Waals surface area contributed by atoms with E-state index < -0.39 is 0 Å². The van der Waals surface area contributed by atoms with Crippen molar-refractivity contribution in [1.82, 2.24) is 0 Å². The quantitative estimate of drug-likeness (QED) is 0.602. The van der Waals surface area contributed by atoms with Crippen LogP contribution in [0, 0.1) is 0 Å². The van der Waals surface area contributed by atoms with Crippen molar-refractivity contribution < 1.29 is 0 Å². The molecule has 0 aromatic heterocycles. The number of allylic oxidation sites excluding steroid dienone is 5. The monoisotopic (exact) mass is 212 g/mol. The van der Waals surface area contributed by atoms with Gasteiger partial charge in [-0.05, 0) is 37.8 Å². The highest BCUT2D eigenvalue weighted by Crippen LogP contribution is 2.15. The minimum absolute atomic E-state index is 1.09. The van der Waals surface area contributed by atoms with Crippen LogP contribution in [-0.2, 0) is 0 Å². The fraction of sp³-hybridized carbons (Fsp3) is 0.250. The van der Waals surface area contributed by atoms with Crippen LogP contribution >= 0.6 is 0 Å². The Morgan fingerprint density at radius 3 is 2.50 bits per heavy atom. The maximum absolute atomic E-state index is 3.70. The van der Waals surface area contributed by atoms with Gasteiger partial charge in [0.05, 0.1) is 0 Å². The summed E-state index contributed by atoms with van der Waals surface area (Å²) in [5, 5.41) is 0. The smallest absolute Gasteiger partial charge is 0.0231 e. The van der Waals surface area contributed by atoms with E-state index in [-0.39, 0.29) is 0 Å². The summed E-state index contributed by atoms with van der Waals surface area (Å²) in [7, 11) is 0. The van der Waals surface area contributed by atoms with Crippen molar-refractivity contribution in [1.29, 1.82) is 0 Å². The molecule has 16 heavy (non-hydrogen) atoms. The molecule has 0 heteroatoms. The van der Waals surface area contributed by atoms with Crippen LogP contribution in [0.4, 0.5) is 0 Å². The molecule has 0 aliphatic rings. The van der Waals surface area contributed by atoms with E-state index in [9.17, 15) is 0 Å². The molecule has 1 aromatic rings. The molecule has 1 aromatic carbocycles. The van der Waals surface area contributed by atoms with Gasteiger partial charge in [-0.1, -0.05) is 60.7 Å². The van der Waals surface area contributed by atoms with Crippen molar-refractivity contribution in [2.75, 3.05) is 0 Å². The molecule has 0 aliphatic carbocycles. The Morgan fingerprint density at radius 2 is 1.88 bits per heavy atom. The van der Waals surface area contributed by atoms with E-state index in [2.05, 4.69) is 56.8 Å². The van der Waals surface area contributed by atoms with Crippen molar-refractivity contribution >= 4 is 5.57 Å². The predicted octanol–water partition coefficient (Wildman–Crippen LogP) is 5.00. The highest BCUT2D eigenvalue weighted by molar-refractivity contribution is 5.63. The van der Waals surface area contributed by atoms with Gasteiger partial charge >= 0.3 is 0 Å². The Labute approximate surface area is 99.0 Å². The molecule has 0 atom stereocenters. The second kappa shape index (κ2) is 6.84. The second-order valence-corrected chi connectivity index (χ2v) is 4.04. The molecule has 0 unspecified atom stereocenters. The molecule has 0 N–H and O–H groups in total. The highest BCUT2D eigenvalue weighted by atomic mass is 14.0.